The number of anilines is 1. The maximum atomic E-state index is 13.0. The highest BCUT2D eigenvalue weighted by Gasteiger charge is 2.12. The SMILES string of the molecule is O=C(Nc1nccs1)c1cc(F)ccc1Br. The number of nitrogens with zero attached hydrogens (tertiary/aromatic N) is 1. The van der Waals surface area contributed by atoms with E-state index in [-0.39, 0.29) is 11.5 Å². The highest BCUT2D eigenvalue weighted by Crippen LogP contribution is 2.20. The third-order valence-corrected chi connectivity index (χ3v) is 3.21. The second kappa shape index (κ2) is 4.71. The first-order valence-electron chi connectivity index (χ1n) is 4.33. The molecule has 0 spiro atoms. The minimum atomic E-state index is -0.451. The highest BCUT2D eigenvalue weighted by molar-refractivity contribution is 9.10. The lowest BCUT2D eigenvalue weighted by Gasteiger charge is -2.03. The number of nitrogens with one attached hydrogen (secondary N) is 1. The third-order valence-electron chi connectivity index (χ3n) is 1.83. The summed E-state index contributed by atoms with van der Waals surface area (Å²) in [5.41, 5.74) is 0.246. The van der Waals surface area contributed by atoms with Crippen molar-refractivity contribution in [3.63, 3.8) is 0 Å². The second-order valence-electron chi connectivity index (χ2n) is 2.92. The summed E-state index contributed by atoms with van der Waals surface area (Å²) < 4.78 is 13.5. The molecule has 0 aliphatic heterocycles. The van der Waals surface area contributed by atoms with E-state index in [0.29, 0.717) is 9.60 Å². The maximum Gasteiger partial charge on any atom is 0.258 e. The van der Waals surface area contributed by atoms with Gasteiger partial charge in [0.05, 0.1) is 5.56 Å². The predicted octanol–water partition coefficient (Wildman–Crippen LogP) is 3.30. The van der Waals surface area contributed by atoms with Crippen molar-refractivity contribution in [3.05, 3.63) is 45.6 Å². The van der Waals surface area contributed by atoms with Gasteiger partial charge in [0.2, 0.25) is 0 Å². The van der Waals surface area contributed by atoms with E-state index < -0.39 is 5.82 Å². The van der Waals surface area contributed by atoms with Crippen LogP contribution in [0.15, 0.2) is 34.2 Å². The molecule has 16 heavy (non-hydrogen) atoms. The fourth-order valence-electron chi connectivity index (χ4n) is 1.12. The van der Waals surface area contributed by atoms with Crippen LogP contribution in [0.3, 0.4) is 0 Å². The van der Waals surface area contributed by atoms with Gasteiger partial charge in [-0.1, -0.05) is 0 Å². The van der Waals surface area contributed by atoms with Gasteiger partial charge in [-0.05, 0) is 34.1 Å². The van der Waals surface area contributed by atoms with E-state index in [9.17, 15) is 9.18 Å². The molecule has 0 saturated carbocycles. The molecule has 0 unspecified atom stereocenters. The number of hydrogen-bond acceptors (Lipinski definition) is 3. The number of benzene rings is 1. The Hall–Kier alpha value is -1.27. The van der Waals surface area contributed by atoms with Crippen molar-refractivity contribution in [2.24, 2.45) is 0 Å². The van der Waals surface area contributed by atoms with Gasteiger partial charge in [0.15, 0.2) is 5.13 Å². The van der Waals surface area contributed by atoms with E-state index in [0.717, 1.165) is 0 Å². The summed E-state index contributed by atoms with van der Waals surface area (Å²) in [6.45, 7) is 0. The Morgan fingerprint density at radius 2 is 2.31 bits per heavy atom. The standard InChI is InChI=1S/C10H6BrFN2OS/c11-8-2-1-6(12)5-7(8)9(15)14-10-13-3-4-16-10/h1-5H,(H,13,14,15). The van der Waals surface area contributed by atoms with Crippen molar-refractivity contribution in [2.75, 3.05) is 5.32 Å². The molecule has 2 aromatic rings. The molecule has 3 nitrogen and oxygen atoms in total. The van der Waals surface area contributed by atoms with Gasteiger partial charge in [-0.3, -0.25) is 10.1 Å². The van der Waals surface area contributed by atoms with Crippen molar-refractivity contribution in [1.82, 2.24) is 4.98 Å². The minimum absolute atomic E-state index is 0.246. The molecule has 0 aliphatic rings. The van der Waals surface area contributed by atoms with Crippen LogP contribution < -0.4 is 5.32 Å². The van der Waals surface area contributed by atoms with Crippen LogP contribution in [0.25, 0.3) is 0 Å². The fourth-order valence-corrected chi connectivity index (χ4v) is 2.07. The van der Waals surface area contributed by atoms with Crippen molar-refractivity contribution in [3.8, 4) is 0 Å². The molecule has 82 valence electrons. The number of aromatic nitrogens is 1. The molecule has 0 bridgehead atoms. The van der Waals surface area contributed by atoms with Gasteiger partial charge < -0.3 is 0 Å². The highest BCUT2D eigenvalue weighted by atomic mass is 79.9. The largest absolute Gasteiger partial charge is 0.298 e. The van der Waals surface area contributed by atoms with Gasteiger partial charge in [0.1, 0.15) is 5.82 Å². The molecule has 0 aliphatic carbocycles. The van der Waals surface area contributed by atoms with Gasteiger partial charge in [0, 0.05) is 16.0 Å². The van der Waals surface area contributed by atoms with E-state index in [1.165, 1.54) is 29.5 Å². The molecule has 0 fully saturated rings. The average molecular weight is 301 g/mol. The predicted molar refractivity (Wildman–Crippen MR) is 64.2 cm³/mol. The Labute approximate surface area is 103 Å². The Morgan fingerprint density at radius 3 is 3.00 bits per heavy atom. The lowest BCUT2D eigenvalue weighted by Crippen LogP contribution is -2.12. The smallest absolute Gasteiger partial charge is 0.258 e. The molecule has 0 saturated heterocycles. The van der Waals surface area contributed by atoms with E-state index in [1.54, 1.807) is 11.6 Å². The summed E-state index contributed by atoms with van der Waals surface area (Å²) in [6, 6.07) is 3.95. The van der Waals surface area contributed by atoms with Crippen LogP contribution >= 0.6 is 27.3 Å². The molecular formula is C10H6BrFN2OS. The quantitative estimate of drug-likeness (QED) is 0.924. The van der Waals surface area contributed by atoms with Crippen LogP contribution in [0.1, 0.15) is 10.4 Å². The molecule has 1 aromatic heterocycles. The summed E-state index contributed by atoms with van der Waals surface area (Å²) in [5.74, 6) is -0.839. The monoisotopic (exact) mass is 300 g/mol. The number of hydrogen-bond donors (Lipinski definition) is 1. The summed E-state index contributed by atoms with van der Waals surface area (Å²) in [4.78, 5) is 15.7. The number of rotatable bonds is 2. The van der Waals surface area contributed by atoms with Crippen molar-refractivity contribution in [2.45, 2.75) is 0 Å². The number of carbonyl (C=O) groups is 1. The molecule has 1 amide bonds. The Balaban J connectivity index is 2.24. The van der Waals surface area contributed by atoms with Crippen LogP contribution in [0.4, 0.5) is 9.52 Å². The van der Waals surface area contributed by atoms with Crippen molar-refractivity contribution in [1.29, 1.82) is 0 Å². The molecule has 1 aromatic carbocycles. The first-order chi connectivity index (χ1) is 7.66. The summed E-state index contributed by atoms with van der Waals surface area (Å²) in [7, 11) is 0. The summed E-state index contributed by atoms with van der Waals surface area (Å²) in [6.07, 6.45) is 1.58. The van der Waals surface area contributed by atoms with Gasteiger partial charge in [-0.2, -0.15) is 0 Å². The van der Waals surface area contributed by atoms with Crippen LogP contribution in [-0.2, 0) is 0 Å². The van der Waals surface area contributed by atoms with E-state index in [2.05, 4.69) is 26.2 Å². The zero-order valence-corrected chi connectivity index (χ0v) is 10.3. The molecule has 2 rings (SSSR count). The number of halogens is 2. The van der Waals surface area contributed by atoms with E-state index >= 15 is 0 Å². The van der Waals surface area contributed by atoms with Crippen LogP contribution in [0, 0.1) is 5.82 Å². The maximum absolute atomic E-state index is 13.0. The van der Waals surface area contributed by atoms with E-state index in [4.69, 9.17) is 0 Å². The first-order valence-corrected chi connectivity index (χ1v) is 6.00. The molecule has 0 atom stereocenters. The van der Waals surface area contributed by atoms with Crippen LogP contribution in [0.2, 0.25) is 0 Å². The number of amides is 1. The second-order valence-corrected chi connectivity index (χ2v) is 4.66. The zero-order chi connectivity index (χ0) is 11.5. The summed E-state index contributed by atoms with van der Waals surface area (Å²) >= 11 is 4.49. The van der Waals surface area contributed by atoms with Crippen LogP contribution in [-0.4, -0.2) is 10.9 Å². The van der Waals surface area contributed by atoms with Crippen molar-refractivity contribution < 1.29 is 9.18 Å². The normalized spacial score (nSPS) is 10.1. The molecule has 1 N–H and O–H groups in total. The zero-order valence-electron chi connectivity index (χ0n) is 7.91. The first kappa shape index (κ1) is 11.2. The van der Waals surface area contributed by atoms with E-state index in [1.807, 2.05) is 0 Å². The lowest BCUT2D eigenvalue weighted by atomic mass is 10.2. The molecule has 0 radical (unpaired) electrons. The van der Waals surface area contributed by atoms with Gasteiger partial charge in [0.25, 0.3) is 5.91 Å². The summed E-state index contributed by atoms with van der Waals surface area (Å²) in [5, 5.41) is 4.81. The van der Waals surface area contributed by atoms with Crippen LogP contribution in [0.5, 0.6) is 0 Å². The topological polar surface area (TPSA) is 42.0 Å². The average Bonchev–Trinajstić information content (AvgIpc) is 2.74. The Bertz CT molecular complexity index is 516. The Morgan fingerprint density at radius 1 is 1.50 bits per heavy atom. The molecule has 1 heterocycles. The van der Waals surface area contributed by atoms with Gasteiger partial charge >= 0.3 is 0 Å². The van der Waals surface area contributed by atoms with Crippen molar-refractivity contribution >= 4 is 38.3 Å². The molecular weight excluding hydrogens is 295 g/mol. The van der Waals surface area contributed by atoms with Gasteiger partial charge in [-0.15, -0.1) is 11.3 Å². The third kappa shape index (κ3) is 2.45. The Kier molecular flexibility index (Phi) is 3.31. The lowest BCUT2D eigenvalue weighted by molar-refractivity contribution is 0.102. The number of carbonyl (C=O) groups excluding carboxylic acids is 1. The molecule has 6 heteroatoms. The number of thiazole rings is 1. The fraction of sp³-hybridized carbons (Fsp3) is 0. The van der Waals surface area contributed by atoms with Gasteiger partial charge in [-0.25, -0.2) is 9.37 Å². The minimum Gasteiger partial charge on any atom is -0.298 e.